The number of halogens is 2. The van der Waals surface area contributed by atoms with Gasteiger partial charge in [-0.2, -0.15) is 0 Å². The van der Waals surface area contributed by atoms with Gasteiger partial charge in [0.1, 0.15) is 10.3 Å². The number of aromatic nitrogens is 2. The third kappa shape index (κ3) is 3.21. The summed E-state index contributed by atoms with van der Waals surface area (Å²) in [5, 5.41) is 0. The van der Waals surface area contributed by atoms with Gasteiger partial charge in [0, 0.05) is 19.0 Å². The van der Waals surface area contributed by atoms with Gasteiger partial charge >= 0.3 is 0 Å². The van der Waals surface area contributed by atoms with Crippen LogP contribution in [0.15, 0.2) is 15.6 Å². The van der Waals surface area contributed by atoms with E-state index in [1.165, 1.54) is 6.33 Å². The molecule has 1 aromatic rings. The first-order valence-corrected chi connectivity index (χ1v) is 6.07. The lowest BCUT2D eigenvalue weighted by atomic mass is 10.4. The van der Waals surface area contributed by atoms with Gasteiger partial charge in [0.25, 0.3) is 5.56 Å². The van der Waals surface area contributed by atoms with Crippen molar-refractivity contribution >= 4 is 33.3 Å². The van der Waals surface area contributed by atoms with E-state index >= 15 is 0 Å². The molecule has 0 aliphatic carbocycles. The molecule has 0 spiro atoms. The number of H-pyrrole nitrogens is 1. The fourth-order valence-electron chi connectivity index (χ4n) is 1.29. The fourth-order valence-corrected chi connectivity index (χ4v) is 1.96. The molecule has 0 aromatic carbocycles. The molecule has 0 amide bonds. The molecule has 1 rings (SSSR count). The molecule has 84 valence electrons. The number of aromatic amines is 1. The van der Waals surface area contributed by atoms with Gasteiger partial charge in [0.2, 0.25) is 0 Å². The monoisotopic (exact) mass is 293 g/mol. The van der Waals surface area contributed by atoms with Crippen molar-refractivity contribution < 1.29 is 0 Å². The number of hydrogen-bond donors (Lipinski definition) is 1. The topological polar surface area (TPSA) is 49.0 Å². The number of hydrogen-bond acceptors (Lipinski definition) is 3. The predicted octanol–water partition coefficient (Wildman–Crippen LogP) is 1.99. The van der Waals surface area contributed by atoms with Crippen LogP contribution in [0.3, 0.4) is 0 Å². The largest absolute Gasteiger partial charge is 0.354 e. The van der Waals surface area contributed by atoms with Crippen molar-refractivity contribution in [2.24, 2.45) is 0 Å². The second kappa shape index (κ2) is 6.12. The average molecular weight is 295 g/mol. The Morgan fingerprint density at radius 3 is 2.93 bits per heavy atom. The van der Waals surface area contributed by atoms with Crippen LogP contribution in [-0.2, 0) is 0 Å². The first kappa shape index (κ1) is 12.5. The van der Waals surface area contributed by atoms with Crippen molar-refractivity contribution in [2.75, 3.05) is 23.9 Å². The lowest BCUT2D eigenvalue weighted by Crippen LogP contribution is -2.29. The van der Waals surface area contributed by atoms with Crippen LogP contribution in [-0.4, -0.2) is 28.9 Å². The first-order valence-electron chi connectivity index (χ1n) is 4.74. The van der Waals surface area contributed by atoms with E-state index in [4.69, 9.17) is 11.6 Å². The molecule has 0 saturated carbocycles. The Labute approximate surface area is 102 Å². The van der Waals surface area contributed by atoms with E-state index in [9.17, 15) is 4.79 Å². The molecule has 1 aromatic heterocycles. The highest BCUT2D eigenvalue weighted by atomic mass is 79.9. The molecule has 1 heterocycles. The van der Waals surface area contributed by atoms with E-state index in [-0.39, 0.29) is 5.56 Å². The van der Waals surface area contributed by atoms with E-state index < -0.39 is 0 Å². The highest BCUT2D eigenvalue weighted by Crippen LogP contribution is 2.18. The Balaban J connectivity index is 2.99. The van der Waals surface area contributed by atoms with Gasteiger partial charge in [-0.15, -0.1) is 11.6 Å². The van der Waals surface area contributed by atoms with E-state index in [0.717, 1.165) is 13.0 Å². The molecule has 0 saturated heterocycles. The van der Waals surface area contributed by atoms with Crippen molar-refractivity contribution in [1.29, 1.82) is 0 Å². The Hall–Kier alpha value is -0.550. The molecule has 4 nitrogen and oxygen atoms in total. The third-order valence-corrected chi connectivity index (χ3v) is 2.81. The molecule has 0 aliphatic heterocycles. The van der Waals surface area contributed by atoms with Crippen LogP contribution in [0.25, 0.3) is 0 Å². The number of anilines is 1. The van der Waals surface area contributed by atoms with Gasteiger partial charge in [-0.3, -0.25) is 4.79 Å². The standard InChI is InChI=1S/C9H13BrClN3O/c1-2-4-14(5-3-11)8-7(10)9(15)13-6-12-8/h6H,2-5H2,1H3,(H,12,13,15). The second-order valence-corrected chi connectivity index (χ2v) is 4.22. The normalized spacial score (nSPS) is 10.3. The predicted molar refractivity (Wildman–Crippen MR) is 65.8 cm³/mol. The zero-order chi connectivity index (χ0) is 11.3. The van der Waals surface area contributed by atoms with Crippen LogP contribution in [0.5, 0.6) is 0 Å². The Bertz CT molecular complexity index is 363. The minimum atomic E-state index is -0.171. The first-order chi connectivity index (χ1) is 7.20. The summed E-state index contributed by atoms with van der Waals surface area (Å²) in [5.74, 6) is 1.17. The average Bonchev–Trinajstić information content (AvgIpc) is 2.22. The summed E-state index contributed by atoms with van der Waals surface area (Å²) in [4.78, 5) is 20.0. The Morgan fingerprint density at radius 1 is 1.60 bits per heavy atom. The molecule has 0 fully saturated rings. The van der Waals surface area contributed by atoms with Gasteiger partial charge in [-0.1, -0.05) is 6.92 Å². The second-order valence-electron chi connectivity index (χ2n) is 3.05. The van der Waals surface area contributed by atoms with E-state index in [1.54, 1.807) is 0 Å². The van der Waals surface area contributed by atoms with Crippen molar-refractivity contribution in [3.8, 4) is 0 Å². The zero-order valence-electron chi connectivity index (χ0n) is 8.46. The molecular formula is C9H13BrClN3O. The van der Waals surface area contributed by atoms with Gasteiger partial charge in [0.05, 0.1) is 6.33 Å². The van der Waals surface area contributed by atoms with Gasteiger partial charge in [0.15, 0.2) is 0 Å². The zero-order valence-corrected chi connectivity index (χ0v) is 10.8. The summed E-state index contributed by atoms with van der Waals surface area (Å²) in [6, 6.07) is 0. The van der Waals surface area contributed by atoms with Crippen LogP contribution >= 0.6 is 27.5 Å². The number of alkyl halides is 1. The summed E-state index contributed by atoms with van der Waals surface area (Å²) in [6.45, 7) is 3.59. The summed E-state index contributed by atoms with van der Waals surface area (Å²) in [5.41, 5.74) is -0.171. The van der Waals surface area contributed by atoms with Crippen LogP contribution in [0.2, 0.25) is 0 Å². The molecule has 1 N–H and O–H groups in total. The lowest BCUT2D eigenvalue weighted by molar-refractivity contribution is 0.774. The van der Waals surface area contributed by atoms with Crippen molar-refractivity contribution in [3.63, 3.8) is 0 Å². The molecular weight excluding hydrogens is 281 g/mol. The fraction of sp³-hybridized carbons (Fsp3) is 0.556. The molecule has 15 heavy (non-hydrogen) atoms. The smallest absolute Gasteiger partial charge is 0.267 e. The highest BCUT2D eigenvalue weighted by Gasteiger charge is 2.12. The maximum absolute atomic E-state index is 11.4. The van der Waals surface area contributed by atoms with Gasteiger partial charge in [-0.25, -0.2) is 4.98 Å². The highest BCUT2D eigenvalue weighted by molar-refractivity contribution is 9.10. The third-order valence-electron chi connectivity index (χ3n) is 1.93. The maximum atomic E-state index is 11.4. The van der Waals surface area contributed by atoms with Crippen LogP contribution in [0, 0.1) is 0 Å². The Morgan fingerprint density at radius 2 is 2.33 bits per heavy atom. The summed E-state index contributed by atoms with van der Waals surface area (Å²) in [6.07, 6.45) is 2.39. The van der Waals surface area contributed by atoms with Crippen molar-refractivity contribution in [1.82, 2.24) is 9.97 Å². The summed E-state index contributed by atoms with van der Waals surface area (Å²) >= 11 is 8.93. The lowest BCUT2D eigenvalue weighted by Gasteiger charge is -2.22. The van der Waals surface area contributed by atoms with Crippen LogP contribution in [0.4, 0.5) is 5.82 Å². The van der Waals surface area contributed by atoms with Crippen molar-refractivity contribution in [3.05, 3.63) is 21.2 Å². The molecule has 0 unspecified atom stereocenters. The van der Waals surface area contributed by atoms with Crippen LogP contribution in [0.1, 0.15) is 13.3 Å². The van der Waals surface area contributed by atoms with E-state index in [1.807, 2.05) is 4.90 Å². The number of nitrogens with zero attached hydrogens (tertiary/aromatic N) is 2. The molecule has 6 heteroatoms. The minimum absolute atomic E-state index is 0.171. The van der Waals surface area contributed by atoms with E-state index in [2.05, 4.69) is 32.8 Å². The summed E-state index contributed by atoms with van der Waals surface area (Å²) < 4.78 is 0.462. The minimum Gasteiger partial charge on any atom is -0.354 e. The van der Waals surface area contributed by atoms with Crippen LogP contribution < -0.4 is 10.5 Å². The van der Waals surface area contributed by atoms with E-state index in [0.29, 0.717) is 22.7 Å². The molecule has 0 aliphatic rings. The van der Waals surface area contributed by atoms with Gasteiger partial charge < -0.3 is 9.88 Å². The maximum Gasteiger partial charge on any atom is 0.267 e. The molecule has 0 radical (unpaired) electrons. The number of rotatable bonds is 5. The van der Waals surface area contributed by atoms with Crippen molar-refractivity contribution in [2.45, 2.75) is 13.3 Å². The number of nitrogens with one attached hydrogen (secondary N) is 1. The SMILES string of the molecule is CCCN(CCCl)c1nc[nH]c(=O)c1Br. The summed E-state index contributed by atoms with van der Waals surface area (Å²) in [7, 11) is 0. The molecule has 0 atom stereocenters. The quantitative estimate of drug-likeness (QED) is 0.845. The molecule has 0 bridgehead atoms. The Kier molecular flexibility index (Phi) is 5.11. The van der Waals surface area contributed by atoms with Gasteiger partial charge in [-0.05, 0) is 22.4 Å².